The van der Waals surface area contributed by atoms with Gasteiger partial charge in [-0.05, 0) is 47.8 Å². The molecule has 8 nitrogen and oxygen atoms in total. The van der Waals surface area contributed by atoms with Crippen LogP contribution in [-0.2, 0) is 27.9 Å². The molecule has 1 amide bonds. The van der Waals surface area contributed by atoms with Gasteiger partial charge < -0.3 is 10.5 Å². The fraction of sp³-hybridized carbons (Fsp3) is 0.778. The molecule has 166 valence electrons. The smallest absolute Gasteiger partial charge is 0.378 e. The van der Waals surface area contributed by atoms with E-state index in [2.05, 4.69) is 0 Å². The van der Waals surface area contributed by atoms with E-state index in [-0.39, 0.29) is 18.0 Å². The van der Waals surface area contributed by atoms with Gasteiger partial charge in [-0.2, -0.15) is 0 Å². The quantitative estimate of drug-likeness (QED) is 0.272. The van der Waals surface area contributed by atoms with Crippen LogP contribution in [0, 0.1) is 0 Å². The van der Waals surface area contributed by atoms with E-state index in [1.807, 2.05) is 0 Å². The van der Waals surface area contributed by atoms with Crippen LogP contribution in [0.4, 0.5) is 0 Å². The molecule has 11 heteroatoms. The Balaban J connectivity index is 2.62. The minimum Gasteiger partial charge on any atom is -0.461 e. The number of esters is 1. The second-order valence-corrected chi connectivity index (χ2v) is 12.9. The second-order valence-electron chi connectivity index (χ2n) is 8.95. The van der Waals surface area contributed by atoms with Gasteiger partial charge in [-0.25, -0.2) is 0 Å². The van der Waals surface area contributed by atoms with Crippen molar-refractivity contribution in [1.29, 1.82) is 0 Å². The van der Waals surface area contributed by atoms with Crippen molar-refractivity contribution in [3.63, 3.8) is 0 Å². The highest BCUT2D eigenvalue weighted by Crippen LogP contribution is 2.67. The van der Waals surface area contributed by atoms with Crippen LogP contribution < -0.4 is 5.73 Å². The molecule has 0 unspecified atom stereocenters. The van der Waals surface area contributed by atoms with Crippen LogP contribution >= 0.6 is 31.1 Å². The van der Waals surface area contributed by atoms with Crippen LogP contribution in [0.2, 0.25) is 0 Å². The van der Waals surface area contributed by atoms with Gasteiger partial charge in [0.05, 0.1) is 11.2 Å². The molecule has 0 aromatic carbocycles. The molecule has 1 saturated heterocycles. The first-order valence-electron chi connectivity index (χ1n) is 9.21. The standard InChI is InChI=1S/C18H31N2O6PS2/c1-11(21)24-9-12-10-29-15-18(19,28-8)14(22)20(15)13(12)27(23,25-16(2,3)4)26-17(5,6)7/h15H,9-10,19H2,1-8H3/t15-,18-/m0/s1. The number of hydrogen-bond acceptors (Lipinski definition) is 9. The molecule has 0 aromatic heterocycles. The van der Waals surface area contributed by atoms with Crippen LogP contribution in [0.25, 0.3) is 0 Å². The van der Waals surface area contributed by atoms with Crippen molar-refractivity contribution < 1.29 is 27.9 Å². The molecule has 0 radical (unpaired) electrons. The van der Waals surface area contributed by atoms with Gasteiger partial charge in [-0.1, -0.05) is 0 Å². The molecule has 0 aromatic rings. The number of carbonyl (C=O) groups excluding carboxylic acids is 2. The number of nitrogens with zero attached hydrogens (tertiary/aromatic N) is 1. The van der Waals surface area contributed by atoms with E-state index in [0.717, 1.165) is 0 Å². The first-order chi connectivity index (χ1) is 13.0. The van der Waals surface area contributed by atoms with E-state index in [0.29, 0.717) is 11.3 Å². The molecule has 1 fully saturated rings. The SMILES string of the molecule is CS[C@@]1(N)C(=O)N2C(P(=O)(OC(C)(C)C)OC(C)(C)C)=C(COC(C)=O)CS[C@H]21. The lowest BCUT2D eigenvalue weighted by molar-refractivity contribution is -0.143. The summed E-state index contributed by atoms with van der Waals surface area (Å²) < 4.78 is 31.3. The highest BCUT2D eigenvalue weighted by atomic mass is 32.2. The molecule has 0 aliphatic carbocycles. The minimum atomic E-state index is -3.99. The minimum absolute atomic E-state index is 0.101. The Bertz CT molecular complexity index is 753. The van der Waals surface area contributed by atoms with Crippen molar-refractivity contribution in [1.82, 2.24) is 4.90 Å². The van der Waals surface area contributed by atoms with Crippen LogP contribution in [0.1, 0.15) is 48.5 Å². The summed E-state index contributed by atoms with van der Waals surface area (Å²) in [5.41, 5.74) is 5.34. The molecular formula is C18H31N2O6PS2. The van der Waals surface area contributed by atoms with E-state index in [1.54, 1.807) is 47.8 Å². The number of β-lactam (4-membered cyclic amide) rings is 1. The Morgan fingerprint density at radius 1 is 1.28 bits per heavy atom. The Labute approximate surface area is 181 Å². The van der Waals surface area contributed by atoms with Gasteiger partial charge in [-0.15, -0.1) is 23.5 Å². The molecule has 2 atom stereocenters. The molecular weight excluding hydrogens is 435 g/mol. The van der Waals surface area contributed by atoms with E-state index in [4.69, 9.17) is 19.5 Å². The molecule has 0 saturated carbocycles. The summed E-state index contributed by atoms with van der Waals surface area (Å²) in [6.45, 7) is 11.8. The number of amides is 1. The zero-order chi connectivity index (χ0) is 22.4. The molecule has 0 spiro atoms. The number of hydrogen-bond donors (Lipinski definition) is 1. The number of thioether (sulfide) groups is 2. The molecule has 2 aliphatic heterocycles. The molecule has 0 bridgehead atoms. The fourth-order valence-electron chi connectivity index (χ4n) is 2.98. The maximum absolute atomic E-state index is 14.2. The highest BCUT2D eigenvalue weighted by Gasteiger charge is 2.65. The van der Waals surface area contributed by atoms with E-state index < -0.39 is 35.0 Å². The van der Waals surface area contributed by atoms with Crippen LogP contribution in [0.15, 0.2) is 11.0 Å². The maximum atomic E-state index is 14.2. The third-order valence-corrected chi connectivity index (χ3v) is 9.21. The summed E-state index contributed by atoms with van der Waals surface area (Å²) in [6.07, 6.45) is 1.77. The van der Waals surface area contributed by atoms with Gasteiger partial charge in [-0.3, -0.25) is 28.1 Å². The van der Waals surface area contributed by atoms with Crippen LogP contribution in [0.5, 0.6) is 0 Å². The van der Waals surface area contributed by atoms with E-state index in [1.165, 1.54) is 35.3 Å². The first kappa shape index (κ1) is 24.8. The summed E-state index contributed by atoms with van der Waals surface area (Å²) in [4.78, 5) is 24.7. The lowest BCUT2D eigenvalue weighted by atomic mass is 10.1. The molecule has 2 N–H and O–H groups in total. The monoisotopic (exact) mass is 466 g/mol. The van der Waals surface area contributed by atoms with Crippen molar-refractivity contribution in [2.24, 2.45) is 5.73 Å². The van der Waals surface area contributed by atoms with Crippen LogP contribution in [0.3, 0.4) is 0 Å². The number of rotatable bonds is 6. The predicted molar refractivity (Wildman–Crippen MR) is 116 cm³/mol. The highest BCUT2D eigenvalue weighted by molar-refractivity contribution is 8.05. The number of fused-ring (bicyclic) bond motifs is 1. The van der Waals surface area contributed by atoms with Crippen molar-refractivity contribution in [3.8, 4) is 0 Å². The number of nitrogens with two attached hydrogens (primary N) is 1. The summed E-state index contributed by atoms with van der Waals surface area (Å²) in [5, 5.41) is -0.415. The number of ether oxygens (including phenoxy) is 1. The second kappa shape index (κ2) is 8.20. The zero-order valence-electron chi connectivity index (χ0n) is 18.2. The van der Waals surface area contributed by atoms with Crippen molar-refractivity contribution in [3.05, 3.63) is 11.0 Å². The van der Waals surface area contributed by atoms with Gasteiger partial charge in [0.25, 0.3) is 5.91 Å². The Morgan fingerprint density at radius 2 is 1.79 bits per heavy atom. The Kier molecular flexibility index (Phi) is 7.00. The summed E-state index contributed by atoms with van der Waals surface area (Å²) in [6, 6.07) is 0. The average molecular weight is 467 g/mol. The lowest BCUT2D eigenvalue weighted by Crippen LogP contribution is -2.75. The average Bonchev–Trinajstić information content (AvgIpc) is 2.54. The zero-order valence-corrected chi connectivity index (χ0v) is 20.8. The van der Waals surface area contributed by atoms with E-state index in [9.17, 15) is 14.2 Å². The van der Waals surface area contributed by atoms with E-state index >= 15 is 0 Å². The van der Waals surface area contributed by atoms with Gasteiger partial charge >= 0.3 is 13.6 Å². The first-order valence-corrected chi connectivity index (χ1v) is 13.0. The summed E-state index contributed by atoms with van der Waals surface area (Å²) in [7, 11) is -3.99. The van der Waals surface area contributed by atoms with Gasteiger partial charge in [0.1, 0.15) is 17.4 Å². The maximum Gasteiger partial charge on any atom is 0.378 e. The fourth-order valence-corrected chi connectivity index (χ4v) is 8.17. The van der Waals surface area contributed by atoms with Crippen molar-refractivity contribution >= 4 is 43.0 Å². The topological polar surface area (TPSA) is 108 Å². The summed E-state index contributed by atoms with van der Waals surface area (Å²) >= 11 is 2.69. The Morgan fingerprint density at radius 3 is 2.21 bits per heavy atom. The molecule has 2 rings (SSSR count). The van der Waals surface area contributed by atoms with Crippen LogP contribution in [-0.4, -0.2) is 56.8 Å². The molecule has 2 aliphatic rings. The van der Waals surface area contributed by atoms with Gasteiger partial charge in [0, 0.05) is 18.2 Å². The largest absolute Gasteiger partial charge is 0.461 e. The third kappa shape index (κ3) is 5.22. The normalized spacial score (nSPS) is 25.6. The Hall–Kier alpha value is -0.510. The van der Waals surface area contributed by atoms with Gasteiger partial charge in [0.2, 0.25) is 0 Å². The molecule has 2 heterocycles. The predicted octanol–water partition coefficient (Wildman–Crippen LogP) is 3.52. The summed E-state index contributed by atoms with van der Waals surface area (Å²) in [5.74, 6) is -0.450. The molecule has 29 heavy (non-hydrogen) atoms. The van der Waals surface area contributed by atoms with Crippen molar-refractivity contribution in [2.75, 3.05) is 18.6 Å². The lowest BCUT2D eigenvalue weighted by Gasteiger charge is -2.56. The third-order valence-electron chi connectivity index (χ3n) is 3.95. The van der Waals surface area contributed by atoms with Crippen molar-refractivity contribution in [2.45, 2.75) is 69.9 Å². The number of carbonyl (C=O) groups is 2. The van der Waals surface area contributed by atoms with Gasteiger partial charge in [0.15, 0.2) is 4.87 Å².